The zero-order chi connectivity index (χ0) is 11.7. The molecule has 15 heavy (non-hydrogen) atoms. The molecule has 0 atom stereocenters. The van der Waals surface area contributed by atoms with E-state index >= 15 is 0 Å². The summed E-state index contributed by atoms with van der Waals surface area (Å²) in [7, 11) is 1.83. The fraction of sp³-hybridized carbons (Fsp3) is 0.308. The second kappa shape index (κ2) is 7.64. The molecule has 0 bridgehead atoms. The second-order valence-electron chi connectivity index (χ2n) is 3.31. The van der Waals surface area contributed by atoms with E-state index in [-0.39, 0.29) is 0 Å². The van der Waals surface area contributed by atoms with Crippen molar-refractivity contribution in [3.8, 4) is 6.07 Å². The van der Waals surface area contributed by atoms with Crippen molar-refractivity contribution in [2.24, 2.45) is 0 Å². The zero-order valence-corrected chi connectivity index (χ0v) is 9.83. The van der Waals surface area contributed by atoms with Crippen molar-refractivity contribution in [3.63, 3.8) is 0 Å². The minimum atomic E-state index is 0.687. The monoisotopic (exact) mass is 202 g/mol. The molecule has 0 aliphatic carbocycles. The summed E-state index contributed by atoms with van der Waals surface area (Å²) in [4.78, 5) is 0. The van der Waals surface area contributed by atoms with Gasteiger partial charge in [-0.1, -0.05) is 17.7 Å². The largest absolute Gasteiger partial charge is 0.388 e. The average Bonchev–Trinajstić information content (AvgIpc) is 2.29. The van der Waals surface area contributed by atoms with Gasteiger partial charge in [-0.3, -0.25) is 0 Å². The fourth-order valence-corrected chi connectivity index (χ4v) is 0.744. The van der Waals surface area contributed by atoms with Crippen molar-refractivity contribution in [2.45, 2.75) is 20.8 Å². The standard InChI is InChI=1S/C8H8N2.C5H10/c1-10-8-4-2-3-7(5-8)6-9;1-4-5(2)3/h2-5,10H,1H3;4H,1-3H3. The average molecular weight is 202 g/mol. The van der Waals surface area contributed by atoms with Crippen molar-refractivity contribution in [3.05, 3.63) is 41.5 Å². The van der Waals surface area contributed by atoms with Crippen LogP contribution in [0.15, 0.2) is 35.9 Å². The number of rotatable bonds is 1. The van der Waals surface area contributed by atoms with E-state index in [2.05, 4.69) is 31.3 Å². The maximum absolute atomic E-state index is 8.48. The summed E-state index contributed by atoms with van der Waals surface area (Å²) in [5, 5.41) is 11.4. The van der Waals surface area contributed by atoms with Crippen LogP contribution in [0.1, 0.15) is 26.3 Å². The molecule has 2 heteroatoms. The van der Waals surface area contributed by atoms with Gasteiger partial charge in [0.1, 0.15) is 0 Å². The van der Waals surface area contributed by atoms with Crippen molar-refractivity contribution in [2.75, 3.05) is 12.4 Å². The topological polar surface area (TPSA) is 35.8 Å². The van der Waals surface area contributed by atoms with E-state index < -0.39 is 0 Å². The zero-order valence-electron chi connectivity index (χ0n) is 9.83. The van der Waals surface area contributed by atoms with Gasteiger partial charge in [0.2, 0.25) is 0 Å². The lowest BCUT2D eigenvalue weighted by atomic mass is 10.2. The molecule has 80 valence electrons. The molecule has 0 aliphatic heterocycles. The van der Waals surface area contributed by atoms with Crippen LogP contribution in [0.4, 0.5) is 5.69 Å². The summed E-state index contributed by atoms with van der Waals surface area (Å²) in [5.74, 6) is 0. The molecular formula is C13H18N2. The quantitative estimate of drug-likeness (QED) is 0.707. The fourth-order valence-electron chi connectivity index (χ4n) is 0.744. The van der Waals surface area contributed by atoms with E-state index in [1.54, 1.807) is 12.1 Å². The Bertz CT molecular complexity index is 355. The van der Waals surface area contributed by atoms with Gasteiger partial charge in [0.25, 0.3) is 0 Å². The molecule has 0 heterocycles. The third-order valence-electron chi connectivity index (χ3n) is 1.86. The Hall–Kier alpha value is -1.75. The summed E-state index contributed by atoms with van der Waals surface area (Å²) in [6.45, 7) is 6.20. The van der Waals surface area contributed by atoms with Crippen LogP contribution in [0.3, 0.4) is 0 Å². The first-order valence-electron chi connectivity index (χ1n) is 4.91. The molecule has 0 aromatic heterocycles. The van der Waals surface area contributed by atoms with Crippen LogP contribution in [0, 0.1) is 11.3 Å². The van der Waals surface area contributed by atoms with E-state index in [4.69, 9.17) is 5.26 Å². The van der Waals surface area contributed by atoms with Gasteiger partial charge in [-0.25, -0.2) is 0 Å². The van der Waals surface area contributed by atoms with E-state index in [1.807, 2.05) is 26.1 Å². The number of allylic oxidation sites excluding steroid dienone is 2. The highest BCUT2D eigenvalue weighted by Gasteiger charge is 1.89. The van der Waals surface area contributed by atoms with Crippen LogP contribution < -0.4 is 5.32 Å². The summed E-state index contributed by atoms with van der Waals surface area (Å²) in [6, 6.07) is 9.41. The maximum atomic E-state index is 8.48. The molecule has 0 amide bonds. The summed E-state index contributed by atoms with van der Waals surface area (Å²) >= 11 is 0. The van der Waals surface area contributed by atoms with E-state index in [9.17, 15) is 0 Å². The van der Waals surface area contributed by atoms with Crippen LogP contribution in [-0.2, 0) is 0 Å². The van der Waals surface area contributed by atoms with Crippen molar-refractivity contribution in [1.29, 1.82) is 5.26 Å². The number of benzene rings is 1. The minimum absolute atomic E-state index is 0.687. The van der Waals surface area contributed by atoms with E-state index in [1.165, 1.54) is 5.57 Å². The maximum Gasteiger partial charge on any atom is 0.0992 e. The normalized spacial score (nSPS) is 7.93. The second-order valence-corrected chi connectivity index (χ2v) is 3.31. The van der Waals surface area contributed by atoms with Gasteiger partial charge < -0.3 is 5.32 Å². The van der Waals surface area contributed by atoms with Crippen LogP contribution in [-0.4, -0.2) is 7.05 Å². The number of nitriles is 1. The molecule has 1 aromatic carbocycles. The number of nitrogens with one attached hydrogen (secondary N) is 1. The molecule has 0 radical (unpaired) electrons. The van der Waals surface area contributed by atoms with Gasteiger partial charge in [-0.15, -0.1) is 0 Å². The predicted molar refractivity (Wildman–Crippen MR) is 65.8 cm³/mol. The van der Waals surface area contributed by atoms with Gasteiger partial charge in [-0.05, 0) is 39.0 Å². The Labute approximate surface area is 92.2 Å². The number of hydrogen-bond donors (Lipinski definition) is 1. The lowest BCUT2D eigenvalue weighted by molar-refractivity contribution is 1.36. The molecule has 1 aromatic rings. The molecule has 0 unspecified atom stereocenters. The van der Waals surface area contributed by atoms with Crippen molar-refractivity contribution >= 4 is 5.69 Å². The van der Waals surface area contributed by atoms with E-state index in [0.717, 1.165) is 5.69 Å². The first-order valence-corrected chi connectivity index (χ1v) is 4.91. The number of nitrogens with zero attached hydrogens (tertiary/aromatic N) is 1. The molecule has 0 spiro atoms. The highest BCUT2D eigenvalue weighted by Crippen LogP contribution is 2.07. The number of anilines is 1. The van der Waals surface area contributed by atoms with Gasteiger partial charge in [0.05, 0.1) is 11.6 Å². The predicted octanol–water partition coefficient (Wildman–Crippen LogP) is 3.57. The molecular weight excluding hydrogens is 184 g/mol. The smallest absolute Gasteiger partial charge is 0.0992 e. The lowest BCUT2D eigenvalue weighted by Crippen LogP contribution is -1.86. The van der Waals surface area contributed by atoms with E-state index in [0.29, 0.717) is 5.56 Å². The molecule has 2 nitrogen and oxygen atoms in total. The van der Waals surface area contributed by atoms with Gasteiger partial charge >= 0.3 is 0 Å². The van der Waals surface area contributed by atoms with Gasteiger partial charge in [0.15, 0.2) is 0 Å². The molecule has 0 aliphatic rings. The highest BCUT2D eigenvalue weighted by atomic mass is 14.8. The molecule has 0 saturated carbocycles. The summed E-state index contributed by atoms with van der Waals surface area (Å²) in [6.07, 6.45) is 2.08. The highest BCUT2D eigenvalue weighted by molar-refractivity contribution is 5.48. The van der Waals surface area contributed by atoms with Crippen LogP contribution in [0.25, 0.3) is 0 Å². The Morgan fingerprint density at radius 2 is 2.00 bits per heavy atom. The first-order chi connectivity index (χ1) is 7.13. The third kappa shape index (κ3) is 6.34. The minimum Gasteiger partial charge on any atom is -0.388 e. The van der Waals surface area contributed by atoms with Crippen LogP contribution in [0.2, 0.25) is 0 Å². The third-order valence-corrected chi connectivity index (χ3v) is 1.86. The molecule has 0 saturated heterocycles. The Morgan fingerprint density at radius 3 is 2.40 bits per heavy atom. The van der Waals surface area contributed by atoms with Crippen LogP contribution in [0.5, 0.6) is 0 Å². The SMILES string of the molecule is CC=C(C)C.CNc1cccc(C#N)c1. The van der Waals surface area contributed by atoms with Gasteiger partial charge in [0, 0.05) is 12.7 Å². The van der Waals surface area contributed by atoms with Crippen molar-refractivity contribution < 1.29 is 0 Å². The van der Waals surface area contributed by atoms with Crippen molar-refractivity contribution in [1.82, 2.24) is 0 Å². The van der Waals surface area contributed by atoms with Gasteiger partial charge in [-0.2, -0.15) is 5.26 Å². The molecule has 1 N–H and O–H groups in total. The molecule has 1 rings (SSSR count). The lowest BCUT2D eigenvalue weighted by Gasteiger charge is -1.96. The molecule has 0 fully saturated rings. The summed E-state index contributed by atoms with van der Waals surface area (Å²) < 4.78 is 0. The Morgan fingerprint density at radius 1 is 1.40 bits per heavy atom. The Kier molecular flexibility index (Phi) is 6.74. The summed E-state index contributed by atoms with van der Waals surface area (Å²) in [5.41, 5.74) is 3.04. The van der Waals surface area contributed by atoms with Crippen LogP contribution >= 0.6 is 0 Å². The first kappa shape index (κ1) is 13.2. The number of hydrogen-bond acceptors (Lipinski definition) is 2. The Balaban J connectivity index is 0.000000336.